The first kappa shape index (κ1) is 17.2. The number of benzene rings is 2. The fraction of sp³-hybridized carbons (Fsp3) is 0.158. The van der Waals surface area contributed by atoms with E-state index >= 15 is 0 Å². The Morgan fingerprint density at radius 2 is 1.96 bits per heavy atom. The SMILES string of the molecule is COc1cc(Nc2ncc(C)c(Nc3ccc4c(c3)NCO4)n2)ccc1Cl. The van der Waals surface area contributed by atoms with Crippen molar-refractivity contribution in [2.45, 2.75) is 6.92 Å². The third kappa shape index (κ3) is 3.68. The minimum atomic E-state index is 0.468. The van der Waals surface area contributed by atoms with E-state index < -0.39 is 0 Å². The molecule has 1 aliphatic rings. The molecule has 0 saturated heterocycles. The number of hydrogen-bond donors (Lipinski definition) is 3. The summed E-state index contributed by atoms with van der Waals surface area (Å²) in [4.78, 5) is 8.92. The summed E-state index contributed by atoms with van der Waals surface area (Å²) in [5.41, 5.74) is 3.58. The van der Waals surface area contributed by atoms with Gasteiger partial charge in [0, 0.05) is 29.2 Å². The number of methoxy groups -OCH3 is 1. The molecule has 8 heteroatoms. The number of aryl methyl sites for hydroxylation is 1. The Hall–Kier alpha value is -3.19. The second-order valence-electron chi connectivity index (χ2n) is 6.00. The third-order valence-corrected chi connectivity index (χ3v) is 4.42. The van der Waals surface area contributed by atoms with Gasteiger partial charge in [-0.3, -0.25) is 0 Å². The van der Waals surface area contributed by atoms with Gasteiger partial charge in [0.1, 0.15) is 17.3 Å². The second-order valence-corrected chi connectivity index (χ2v) is 6.41. The maximum Gasteiger partial charge on any atom is 0.229 e. The van der Waals surface area contributed by atoms with Gasteiger partial charge in [0.2, 0.25) is 5.95 Å². The molecule has 0 amide bonds. The highest BCUT2D eigenvalue weighted by Crippen LogP contribution is 2.33. The molecular formula is C19H18ClN5O2. The number of fused-ring (bicyclic) bond motifs is 1. The number of rotatable bonds is 5. The lowest BCUT2D eigenvalue weighted by Crippen LogP contribution is -2.03. The number of halogens is 1. The molecule has 0 spiro atoms. The molecular weight excluding hydrogens is 366 g/mol. The molecule has 0 atom stereocenters. The topological polar surface area (TPSA) is 80.3 Å². The van der Waals surface area contributed by atoms with Crippen molar-refractivity contribution in [1.29, 1.82) is 0 Å². The van der Waals surface area contributed by atoms with Crippen molar-refractivity contribution in [2.75, 3.05) is 29.8 Å². The highest BCUT2D eigenvalue weighted by Gasteiger charge is 2.12. The molecule has 2 heterocycles. The van der Waals surface area contributed by atoms with Crippen LogP contribution in [-0.4, -0.2) is 23.8 Å². The monoisotopic (exact) mass is 383 g/mol. The van der Waals surface area contributed by atoms with Gasteiger partial charge in [-0.25, -0.2) is 4.98 Å². The zero-order chi connectivity index (χ0) is 18.8. The Labute approximate surface area is 161 Å². The molecule has 2 aromatic carbocycles. The molecule has 0 fully saturated rings. The van der Waals surface area contributed by atoms with E-state index in [9.17, 15) is 0 Å². The summed E-state index contributed by atoms with van der Waals surface area (Å²) >= 11 is 6.07. The molecule has 3 aromatic rings. The van der Waals surface area contributed by atoms with Crippen LogP contribution in [-0.2, 0) is 0 Å². The smallest absolute Gasteiger partial charge is 0.229 e. The summed E-state index contributed by atoms with van der Waals surface area (Å²) in [5.74, 6) is 2.61. The van der Waals surface area contributed by atoms with Crippen LogP contribution in [0.25, 0.3) is 0 Å². The summed E-state index contributed by atoms with van der Waals surface area (Å²) < 4.78 is 10.7. The minimum Gasteiger partial charge on any atom is -0.495 e. The van der Waals surface area contributed by atoms with Crippen LogP contribution in [0.5, 0.6) is 11.5 Å². The number of ether oxygens (including phenoxy) is 2. The molecule has 1 aromatic heterocycles. The fourth-order valence-electron chi connectivity index (χ4n) is 2.70. The van der Waals surface area contributed by atoms with Gasteiger partial charge in [0.05, 0.1) is 17.8 Å². The standard InChI is InChI=1S/C19H18ClN5O2/c1-11-9-21-19(24-13-3-5-14(20)17(8-13)26-2)25-18(11)23-12-4-6-16-15(7-12)22-10-27-16/h3-9,22H,10H2,1-2H3,(H2,21,23,24,25). The van der Waals surface area contributed by atoms with Gasteiger partial charge in [0.15, 0.2) is 6.73 Å². The van der Waals surface area contributed by atoms with Crippen LogP contribution in [0.1, 0.15) is 5.56 Å². The minimum absolute atomic E-state index is 0.468. The average Bonchev–Trinajstić information content (AvgIpc) is 3.14. The Balaban J connectivity index is 1.56. The van der Waals surface area contributed by atoms with Gasteiger partial charge >= 0.3 is 0 Å². The van der Waals surface area contributed by atoms with E-state index in [0.717, 1.165) is 28.4 Å². The molecule has 138 valence electrons. The van der Waals surface area contributed by atoms with Crippen LogP contribution in [0.15, 0.2) is 42.6 Å². The zero-order valence-corrected chi connectivity index (χ0v) is 15.6. The van der Waals surface area contributed by atoms with Crippen molar-refractivity contribution in [3.05, 3.63) is 53.2 Å². The lowest BCUT2D eigenvalue weighted by atomic mass is 10.2. The molecule has 7 nitrogen and oxygen atoms in total. The van der Waals surface area contributed by atoms with Gasteiger partial charge in [0.25, 0.3) is 0 Å². The Kier molecular flexibility index (Phi) is 4.60. The van der Waals surface area contributed by atoms with Crippen molar-refractivity contribution < 1.29 is 9.47 Å². The molecule has 0 aliphatic carbocycles. The molecule has 27 heavy (non-hydrogen) atoms. The van der Waals surface area contributed by atoms with E-state index in [4.69, 9.17) is 21.1 Å². The Bertz CT molecular complexity index is 996. The van der Waals surface area contributed by atoms with Crippen LogP contribution in [0.3, 0.4) is 0 Å². The highest BCUT2D eigenvalue weighted by molar-refractivity contribution is 6.32. The van der Waals surface area contributed by atoms with Crippen LogP contribution >= 0.6 is 11.6 Å². The molecule has 4 rings (SSSR count). The lowest BCUT2D eigenvalue weighted by Gasteiger charge is -2.12. The fourth-order valence-corrected chi connectivity index (χ4v) is 2.89. The maximum absolute atomic E-state index is 6.07. The first-order chi connectivity index (χ1) is 13.1. The van der Waals surface area contributed by atoms with E-state index in [-0.39, 0.29) is 0 Å². The number of anilines is 5. The molecule has 3 N–H and O–H groups in total. The summed E-state index contributed by atoms with van der Waals surface area (Å²) in [6, 6.07) is 11.3. The normalized spacial score (nSPS) is 12.0. The Morgan fingerprint density at radius 1 is 1.15 bits per heavy atom. The van der Waals surface area contributed by atoms with Crippen molar-refractivity contribution in [1.82, 2.24) is 9.97 Å². The van der Waals surface area contributed by atoms with Gasteiger partial charge in [-0.15, -0.1) is 0 Å². The van der Waals surface area contributed by atoms with Crippen LogP contribution < -0.4 is 25.4 Å². The van der Waals surface area contributed by atoms with Gasteiger partial charge in [-0.1, -0.05) is 11.6 Å². The van der Waals surface area contributed by atoms with E-state index in [1.165, 1.54) is 0 Å². The summed E-state index contributed by atoms with van der Waals surface area (Å²) in [6.45, 7) is 2.44. The molecule has 0 bridgehead atoms. The average molecular weight is 384 g/mol. The molecule has 1 aliphatic heterocycles. The summed E-state index contributed by atoms with van der Waals surface area (Å²) in [6.07, 6.45) is 1.76. The first-order valence-corrected chi connectivity index (χ1v) is 8.72. The molecule has 0 unspecified atom stereocenters. The van der Waals surface area contributed by atoms with Crippen LogP contribution in [0.2, 0.25) is 5.02 Å². The van der Waals surface area contributed by atoms with Crippen LogP contribution in [0, 0.1) is 6.92 Å². The maximum atomic E-state index is 6.07. The van der Waals surface area contributed by atoms with Gasteiger partial charge in [-0.05, 0) is 37.3 Å². The summed E-state index contributed by atoms with van der Waals surface area (Å²) in [5, 5.41) is 10.2. The number of nitrogens with zero attached hydrogens (tertiary/aromatic N) is 2. The van der Waals surface area contributed by atoms with Crippen LogP contribution in [0.4, 0.5) is 28.8 Å². The van der Waals surface area contributed by atoms with E-state index in [1.807, 2.05) is 31.2 Å². The van der Waals surface area contributed by atoms with Crippen molar-refractivity contribution in [3.8, 4) is 11.5 Å². The predicted octanol–water partition coefficient (Wildman–Crippen LogP) is 4.70. The largest absolute Gasteiger partial charge is 0.495 e. The predicted molar refractivity (Wildman–Crippen MR) is 107 cm³/mol. The Morgan fingerprint density at radius 3 is 2.81 bits per heavy atom. The first-order valence-electron chi connectivity index (χ1n) is 8.34. The molecule has 0 saturated carbocycles. The highest BCUT2D eigenvalue weighted by atomic mass is 35.5. The van der Waals surface area contributed by atoms with E-state index in [1.54, 1.807) is 25.4 Å². The van der Waals surface area contributed by atoms with Gasteiger partial charge in [-0.2, -0.15) is 4.98 Å². The molecule has 0 radical (unpaired) electrons. The number of nitrogens with one attached hydrogen (secondary N) is 3. The quantitative estimate of drug-likeness (QED) is 0.589. The number of hydrogen-bond acceptors (Lipinski definition) is 7. The van der Waals surface area contributed by atoms with E-state index in [2.05, 4.69) is 25.9 Å². The van der Waals surface area contributed by atoms with Crippen molar-refractivity contribution in [2.24, 2.45) is 0 Å². The lowest BCUT2D eigenvalue weighted by molar-refractivity contribution is 0.372. The third-order valence-electron chi connectivity index (χ3n) is 4.11. The number of aromatic nitrogens is 2. The van der Waals surface area contributed by atoms with Crippen molar-refractivity contribution >= 4 is 40.4 Å². The zero-order valence-electron chi connectivity index (χ0n) is 14.8. The van der Waals surface area contributed by atoms with E-state index in [0.29, 0.717) is 29.3 Å². The van der Waals surface area contributed by atoms with Crippen molar-refractivity contribution in [3.63, 3.8) is 0 Å². The second kappa shape index (κ2) is 7.20. The summed E-state index contributed by atoms with van der Waals surface area (Å²) in [7, 11) is 1.58. The van der Waals surface area contributed by atoms with Gasteiger partial charge < -0.3 is 25.4 Å².